The summed E-state index contributed by atoms with van der Waals surface area (Å²) in [6.45, 7) is 10.1. The van der Waals surface area contributed by atoms with E-state index in [0.717, 1.165) is 95.2 Å². The first-order valence-electron chi connectivity index (χ1n) is 23.9. The molecule has 75 heavy (non-hydrogen) atoms. The fraction of sp³-hybridized carbons (Fsp3) is 0.345. The van der Waals surface area contributed by atoms with Crippen molar-refractivity contribution in [1.29, 1.82) is 0 Å². The number of aryl methyl sites for hydroxylation is 4. The minimum atomic E-state index is -4.54. The third kappa shape index (κ3) is 13.0. The van der Waals surface area contributed by atoms with Gasteiger partial charge in [-0.2, -0.15) is 36.5 Å². The van der Waals surface area contributed by atoms with Crippen LogP contribution in [0.25, 0.3) is 33.9 Å². The number of carbonyl (C=O) groups excluding carboxylic acids is 2. The lowest BCUT2D eigenvalue weighted by molar-refractivity contribution is -0.138. The Morgan fingerprint density at radius 3 is 1.41 bits per heavy atom. The fourth-order valence-electron chi connectivity index (χ4n) is 8.89. The Labute approximate surface area is 431 Å². The SMILES string of the molecule is C.Cc1ccc(CC(=O)c2cc(CN(C)C)cc(C(F)(F)F)c2)cc1-n1cc(-c2cnn(C)c2C)nn1.Cc1ccc(CC(=O)c2cc(CN3CCCC3)cc(C(F)(F)F)c2)cc1-n1cc(-c2cnn(C)c2C)nn1. The molecule has 20 heteroatoms. The highest BCUT2D eigenvalue weighted by molar-refractivity contribution is 5.98. The van der Waals surface area contributed by atoms with Gasteiger partial charge in [-0.3, -0.25) is 23.9 Å². The van der Waals surface area contributed by atoms with Crippen LogP contribution in [-0.2, 0) is 52.4 Å². The van der Waals surface area contributed by atoms with Crippen molar-refractivity contribution in [3.8, 4) is 33.9 Å². The summed E-state index contributed by atoms with van der Waals surface area (Å²) in [6, 6.07) is 18.3. The molecule has 14 nitrogen and oxygen atoms in total. The number of Topliss-reactive ketones (excluding diaryl/α,β-unsaturated/α-hetero) is 2. The van der Waals surface area contributed by atoms with Gasteiger partial charge in [0, 0.05) is 73.7 Å². The fourth-order valence-corrected chi connectivity index (χ4v) is 8.89. The molecule has 1 aliphatic heterocycles. The van der Waals surface area contributed by atoms with Gasteiger partial charge in [0.1, 0.15) is 11.4 Å². The van der Waals surface area contributed by atoms with Crippen molar-refractivity contribution in [1.82, 2.24) is 59.3 Å². The molecule has 9 rings (SSSR count). The third-order valence-electron chi connectivity index (χ3n) is 13.2. The standard InChI is InChI=1S/C28H29F3N6O.C26H27F3N6O.CH4/c1-18-6-7-20(12-26(18)37-17-25(33-34-37)24-15-32-35(3)19(24)2)13-27(38)22-10-21(16-36-8-4-5-9-36)11-23(14-22)28(29,30)31;1-16-6-7-18(10-24(16)35-15-23(31-32-35)22-13-30-34(5)17(22)2)11-25(36)20-8-19(14-33(3)4)9-21(12-20)26(27,28)29;/h6-7,10-12,14-15,17H,4-5,8-9,13,16H2,1-3H3;6-10,12-13,15H,11,14H2,1-5H3;1H4. The van der Waals surface area contributed by atoms with E-state index in [1.165, 1.54) is 6.07 Å². The summed E-state index contributed by atoms with van der Waals surface area (Å²) >= 11 is 0. The number of hydrogen-bond acceptors (Lipinski definition) is 10. The highest BCUT2D eigenvalue weighted by Gasteiger charge is 2.33. The molecule has 0 unspecified atom stereocenters. The molecule has 0 bridgehead atoms. The van der Waals surface area contributed by atoms with Gasteiger partial charge in [0.25, 0.3) is 0 Å². The number of likely N-dealkylation sites (tertiary alicyclic amines) is 1. The van der Waals surface area contributed by atoms with Gasteiger partial charge in [-0.05, 0) is 150 Å². The first-order valence-corrected chi connectivity index (χ1v) is 23.9. The molecular formula is C55H60F6N12O2. The van der Waals surface area contributed by atoms with Crippen molar-refractivity contribution in [3.05, 3.63) is 165 Å². The molecule has 0 aliphatic carbocycles. The van der Waals surface area contributed by atoms with E-state index >= 15 is 0 Å². The monoisotopic (exact) mass is 1030 g/mol. The minimum absolute atomic E-state index is 0. The molecule has 1 saturated heterocycles. The number of rotatable bonds is 14. The highest BCUT2D eigenvalue weighted by Crippen LogP contribution is 2.34. The molecule has 1 fully saturated rings. The maximum Gasteiger partial charge on any atom is 0.416 e. The molecule has 0 N–H and O–H groups in total. The van der Waals surface area contributed by atoms with E-state index in [0.29, 0.717) is 46.7 Å². The quantitative estimate of drug-likeness (QED) is 0.0764. The predicted molar refractivity (Wildman–Crippen MR) is 274 cm³/mol. The third-order valence-corrected chi connectivity index (χ3v) is 13.2. The Morgan fingerprint density at radius 1 is 0.587 bits per heavy atom. The molecule has 4 aromatic heterocycles. The summed E-state index contributed by atoms with van der Waals surface area (Å²) in [4.78, 5) is 30.2. The number of carbonyl (C=O) groups is 2. The maximum absolute atomic E-state index is 13.6. The largest absolute Gasteiger partial charge is 0.416 e. The smallest absolute Gasteiger partial charge is 0.305 e. The van der Waals surface area contributed by atoms with Gasteiger partial charge in [-0.25, -0.2) is 9.36 Å². The van der Waals surface area contributed by atoms with Gasteiger partial charge in [0.15, 0.2) is 11.6 Å². The van der Waals surface area contributed by atoms with Crippen LogP contribution in [-0.4, -0.2) is 98.1 Å². The van der Waals surface area contributed by atoms with E-state index in [1.807, 2.05) is 72.1 Å². The Balaban J connectivity index is 0.000000216. The van der Waals surface area contributed by atoms with Crippen molar-refractivity contribution in [2.75, 3.05) is 27.2 Å². The number of benzene rings is 4. The lowest BCUT2D eigenvalue weighted by atomic mass is 9.97. The van der Waals surface area contributed by atoms with Crippen LogP contribution >= 0.6 is 0 Å². The van der Waals surface area contributed by atoms with Gasteiger partial charge in [-0.15, -0.1) is 10.2 Å². The zero-order valence-electron chi connectivity index (χ0n) is 42.3. The van der Waals surface area contributed by atoms with E-state index in [-0.39, 0.29) is 43.0 Å². The summed E-state index contributed by atoms with van der Waals surface area (Å²) in [5.74, 6) is -0.750. The summed E-state index contributed by atoms with van der Waals surface area (Å²) < 4.78 is 88.1. The topological polar surface area (TPSA) is 138 Å². The summed E-state index contributed by atoms with van der Waals surface area (Å²) in [5.41, 5.74) is 9.10. The second-order valence-corrected chi connectivity index (χ2v) is 19.1. The van der Waals surface area contributed by atoms with Crippen LogP contribution in [0.5, 0.6) is 0 Å². The summed E-state index contributed by atoms with van der Waals surface area (Å²) in [7, 11) is 7.23. The average molecular weight is 1040 g/mol. The van der Waals surface area contributed by atoms with Crippen LogP contribution < -0.4 is 0 Å². The predicted octanol–water partition coefficient (Wildman–Crippen LogP) is 10.8. The van der Waals surface area contributed by atoms with E-state index in [2.05, 4.69) is 35.7 Å². The zero-order valence-corrected chi connectivity index (χ0v) is 42.3. The summed E-state index contributed by atoms with van der Waals surface area (Å²) in [5, 5.41) is 25.6. The molecule has 0 spiro atoms. The molecule has 5 heterocycles. The van der Waals surface area contributed by atoms with Crippen molar-refractivity contribution < 1.29 is 35.9 Å². The van der Waals surface area contributed by atoms with Crippen LogP contribution in [0.15, 0.2) is 97.6 Å². The molecule has 0 amide bonds. The lowest BCUT2D eigenvalue weighted by Gasteiger charge is -2.17. The lowest BCUT2D eigenvalue weighted by Crippen LogP contribution is -2.19. The van der Waals surface area contributed by atoms with Gasteiger partial charge >= 0.3 is 12.4 Å². The molecule has 0 radical (unpaired) electrons. The van der Waals surface area contributed by atoms with Crippen LogP contribution in [0.2, 0.25) is 0 Å². The first-order chi connectivity index (χ1) is 35.0. The summed E-state index contributed by atoms with van der Waals surface area (Å²) in [6.07, 6.45) is -0.000571. The number of alkyl halides is 6. The first kappa shape index (κ1) is 55.2. The molecule has 4 aromatic carbocycles. The normalized spacial score (nSPS) is 13.0. The Morgan fingerprint density at radius 2 is 1.01 bits per heavy atom. The number of hydrogen-bond donors (Lipinski definition) is 0. The number of aromatic nitrogens is 10. The minimum Gasteiger partial charge on any atom is -0.305 e. The number of nitrogens with zero attached hydrogens (tertiary/aromatic N) is 12. The number of halogens is 6. The average Bonchev–Trinajstić information content (AvgIpc) is 4.22. The van der Waals surface area contributed by atoms with E-state index < -0.39 is 23.5 Å². The second kappa shape index (κ2) is 22.5. The van der Waals surface area contributed by atoms with E-state index in [4.69, 9.17) is 0 Å². The van der Waals surface area contributed by atoms with Gasteiger partial charge < -0.3 is 4.90 Å². The Bertz CT molecular complexity index is 3340. The Kier molecular flexibility index (Phi) is 16.5. The molecule has 8 aromatic rings. The maximum atomic E-state index is 13.6. The second-order valence-electron chi connectivity index (χ2n) is 19.1. The molecule has 394 valence electrons. The van der Waals surface area contributed by atoms with Crippen molar-refractivity contribution in [2.24, 2.45) is 14.1 Å². The molecule has 0 saturated carbocycles. The van der Waals surface area contributed by atoms with Crippen molar-refractivity contribution in [3.63, 3.8) is 0 Å². The Hall–Kier alpha value is -7.58. The van der Waals surface area contributed by atoms with Crippen LogP contribution in [0.3, 0.4) is 0 Å². The van der Waals surface area contributed by atoms with Gasteiger partial charge in [0.2, 0.25) is 0 Å². The zero-order chi connectivity index (χ0) is 53.2. The van der Waals surface area contributed by atoms with Crippen LogP contribution in [0.1, 0.15) is 96.9 Å². The van der Waals surface area contributed by atoms with Crippen molar-refractivity contribution >= 4 is 11.6 Å². The van der Waals surface area contributed by atoms with E-state index in [9.17, 15) is 35.9 Å². The van der Waals surface area contributed by atoms with E-state index in [1.54, 1.807) is 74.6 Å². The van der Waals surface area contributed by atoms with Crippen LogP contribution in [0, 0.1) is 27.7 Å². The highest BCUT2D eigenvalue weighted by atomic mass is 19.4. The van der Waals surface area contributed by atoms with Crippen molar-refractivity contribution in [2.45, 2.75) is 86.2 Å². The van der Waals surface area contributed by atoms with Gasteiger partial charge in [0.05, 0.1) is 47.3 Å². The molecule has 1 aliphatic rings. The molecular weight excluding hydrogens is 975 g/mol. The van der Waals surface area contributed by atoms with Crippen LogP contribution in [0.4, 0.5) is 26.3 Å². The van der Waals surface area contributed by atoms with Gasteiger partial charge in [-0.1, -0.05) is 42.1 Å². The number of ketones is 2. The molecule has 0 atom stereocenters.